The average molecular weight is 186 g/mol. The Morgan fingerprint density at radius 1 is 1.23 bits per heavy atom. The van der Waals surface area contributed by atoms with E-state index in [-0.39, 0.29) is 18.0 Å². The first kappa shape index (κ1) is 12.2. The molecule has 13 heavy (non-hydrogen) atoms. The number of nitrogens with two attached hydrogens (primary N) is 3. The summed E-state index contributed by atoms with van der Waals surface area (Å²) in [6.07, 6.45) is 4.25. The molecule has 0 aromatic carbocycles. The van der Waals surface area contributed by atoms with Gasteiger partial charge in [0.15, 0.2) is 5.96 Å². The molecule has 1 aliphatic carbocycles. The molecular weight excluding hydrogens is 164 g/mol. The van der Waals surface area contributed by atoms with Crippen LogP contribution in [0.5, 0.6) is 0 Å². The molecule has 78 valence electrons. The molecule has 0 spiro atoms. The summed E-state index contributed by atoms with van der Waals surface area (Å²) in [5, 5.41) is 0. The van der Waals surface area contributed by atoms with Crippen LogP contribution in [0, 0.1) is 0 Å². The summed E-state index contributed by atoms with van der Waals surface area (Å²) < 4.78 is 0. The zero-order valence-corrected chi connectivity index (χ0v) is 8.66. The molecule has 2 unspecified atom stereocenters. The number of aliphatic imine (C=N–C) groups is 1. The lowest BCUT2D eigenvalue weighted by molar-refractivity contribution is 0.394. The van der Waals surface area contributed by atoms with Gasteiger partial charge in [-0.3, -0.25) is 4.99 Å². The first-order chi connectivity index (χ1) is 6.18. The minimum Gasteiger partial charge on any atom is -0.370 e. The molecule has 0 aromatic heterocycles. The Bertz CT molecular complexity index is 152. The molecule has 1 aliphatic rings. The van der Waals surface area contributed by atoms with Crippen LogP contribution in [0.25, 0.3) is 0 Å². The van der Waals surface area contributed by atoms with Crippen molar-refractivity contribution < 1.29 is 0 Å². The van der Waals surface area contributed by atoms with Crippen LogP contribution >= 0.6 is 0 Å². The Labute approximate surface area is 80.6 Å². The van der Waals surface area contributed by atoms with E-state index >= 15 is 0 Å². The Hall–Kier alpha value is -0.770. The van der Waals surface area contributed by atoms with E-state index in [2.05, 4.69) is 4.99 Å². The Morgan fingerprint density at radius 2 is 1.85 bits per heavy atom. The molecule has 2 atom stereocenters. The van der Waals surface area contributed by atoms with Gasteiger partial charge in [0, 0.05) is 6.04 Å². The first-order valence-electron chi connectivity index (χ1n) is 5.03. The fourth-order valence-electron chi connectivity index (χ4n) is 1.53. The van der Waals surface area contributed by atoms with Crippen LogP contribution in [0.4, 0.5) is 0 Å². The lowest BCUT2D eigenvalue weighted by Gasteiger charge is -2.23. The van der Waals surface area contributed by atoms with Crippen molar-refractivity contribution >= 4 is 5.96 Å². The van der Waals surface area contributed by atoms with Gasteiger partial charge in [0.1, 0.15) is 0 Å². The molecule has 1 saturated carbocycles. The molecule has 0 aromatic rings. The van der Waals surface area contributed by atoms with Gasteiger partial charge < -0.3 is 17.2 Å². The van der Waals surface area contributed by atoms with Gasteiger partial charge in [-0.15, -0.1) is 0 Å². The first-order valence-corrected chi connectivity index (χ1v) is 5.03. The monoisotopic (exact) mass is 186 g/mol. The normalized spacial score (nSPS) is 27.0. The van der Waals surface area contributed by atoms with Crippen LogP contribution in [0.3, 0.4) is 0 Å². The second kappa shape index (κ2) is 6.71. The van der Waals surface area contributed by atoms with Crippen molar-refractivity contribution in [2.24, 2.45) is 22.2 Å². The maximum absolute atomic E-state index is 5.75. The summed E-state index contributed by atoms with van der Waals surface area (Å²) in [5.74, 6) is 0.184. The van der Waals surface area contributed by atoms with Gasteiger partial charge in [0.25, 0.3) is 0 Å². The predicted molar refractivity (Wildman–Crippen MR) is 57.4 cm³/mol. The van der Waals surface area contributed by atoms with E-state index in [0.717, 1.165) is 25.7 Å². The van der Waals surface area contributed by atoms with Crippen molar-refractivity contribution in [1.82, 2.24) is 0 Å². The number of rotatable bonds is 1. The fraction of sp³-hybridized carbons (Fsp3) is 0.889. The van der Waals surface area contributed by atoms with E-state index in [1.807, 2.05) is 13.8 Å². The molecule has 4 nitrogen and oxygen atoms in total. The van der Waals surface area contributed by atoms with E-state index in [1.54, 1.807) is 0 Å². The zero-order valence-electron chi connectivity index (χ0n) is 8.66. The highest BCUT2D eigenvalue weighted by atomic mass is 15.0. The topological polar surface area (TPSA) is 90.4 Å². The molecule has 6 N–H and O–H groups in total. The highest BCUT2D eigenvalue weighted by molar-refractivity contribution is 5.75. The molecule has 0 aliphatic heterocycles. The van der Waals surface area contributed by atoms with E-state index in [0.29, 0.717) is 0 Å². The lowest BCUT2D eigenvalue weighted by Crippen LogP contribution is -2.32. The third-order valence-corrected chi connectivity index (χ3v) is 2.02. The summed E-state index contributed by atoms with van der Waals surface area (Å²) in [7, 11) is 0. The second-order valence-electron chi connectivity index (χ2n) is 3.13. The maximum Gasteiger partial charge on any atom is 0.186 e. The van der Waals surface area contributed by atoms with E-state index in [4.69, 9.17) is 17.2 Å². The highest BCUT2D eigenvalue weighted by Gasteiger charge is 2.17. The summed E-state index contributed by atoms with van der Waals surface area (Å²) in [4.78, 5) is 4.08. The van der Waals surface area contributed by atoms with Crippen molar-refractivity contribution in [2.45, 2.75) is 51.6 Å². The van der Waals surface area contributed by atoms with Gasteiger partial charge in [0.2, 0.25) is 0 Å². The summed E-state index contributed by atoms with van der Waals surface area (Å²) >= 11 is 0. The van der Waals surface area contributed by atoms with Crippen molar-refractivity contribution in [1.29, 1.82) is 0 Å². The van der Waals surface area contributed by atoms with Crippen LogP contribution < -0.4 is 17.2 Å². The Kier molecular flexibility index (Phi) is 6.32. The van der Waals surface area contributed by atoms with Crippen molar-refractivity contribution in [3.05, 3.63) is 0 Å². The molecule has 0 bridgehead atoms. The molecule has 0 amide bonds. The Morgan fingerprint density at radius 3 is 2.31 bits per heavy atom. The number of hydrogen-bond acceptors (Lipinski definition) is 2. The van der Waals surface area contributed by atoms with E-state index in [1.165, 1.54) is 0 Å². The highest BCUT2D eigenvalue weighted by Crippen LogP contribution is 2.19. The van der Waals surface area contributed by atoms with Gasteiger partial charge in [-0.1, -0.05) is 13.8 Å². The zero-order chi connectivity index (χ0) is 10.3. The molecule has 0 radical (unpaired) electrons. The van der Waals surface area contributed by atoms with Crippen LogP contribution in [-0.4, -0.2) is 18.0 Å². The van der Waals surface area contributed by atoms with Crippen LogP contribution in [0.15, 0.2) is 4.99 Å². The summed E-state index contributed by atoms with van der Waals surface area (Å²) in [6.45, 7) is 4.00. The lowest BCUT2D eigenvalue weighted by atomic mass is 9.92. The molecular formula is C9H22N4. The van der Waals surface area contributed by atoms with Crippen molar-refractivity contribution in [3.63, 3.8) is 0 Å². The molecule has 1 fully saturated rings. The third-order valence-electron chi connectivity index (χ3n) is 2.02. The van der Waals surface area contributed by atoms with Gasteiger partial charge in [-0.2, -0.15) is 0 Å². The average Bonchev–Trinajstić information content (AvgIpc) is 2.06. The van der Waals surface area contributed by atoms with Crippen LogP contribution in [-0.2, 0) is 0 Å². The smallest absolute Gasteiger partial charge is 0.186 e. The predicted octanol–water partition coefficient (Wildman–Crippen LogP) is 0.556. The fourth-order valence-corrected chi connectivity index (χ4v) is 1.53. The van der Waals surface area contributed by atoms with Gasteiger partial charge in [0.05, 0.1) is 6.04 Å². The van der Waals surface area contributed by atoms with Crippen molar-refractivity contribution in [2.75, 3.05) is 0 Å². The van der Waals surface area contributed by atoms with Gasteiger partial charge >= 0.3 is 0 Å². The van der Waals surface area contributed by atoms with E-state index < -0.39 is 0 Å². The number of hydrogen-bond donors (Lipinski definition) is 3. The number of nitrogens with zero attached hydrogens (tertiary/aromatic N) is 1. The quantitative estimate of drug-likeness (QED) is 0.413. The van der Waals surface area contributed by atoms with Gasteiger partial charge in [-0.25, -0.2) is 0 Å². The summed E-state index contributed by atoms with van der Waals surface area (Å²) in [6, 6.07) is 0.556. The molecule has 0 heterocycles. The standard InChI is InChI=1S/C7H16N4.C2H6/c8-5-2-1-3-6(4-5)11-7(9)10;1-2/h5-6H,1-4,8H2,(H4,9,10,11);1-2H3. The molecule has 4 heteroatoms. The van der Waals surface area contributed by atoms with Crippen LogP contribution in [0.1, 0.15) is 39.5 Å². The molecule has 0 saturated heterocycles. The minimum absolute atomic E-state index is 0.184. The van der Waals surface area contributed by atoms with Crippen molar-refractivity contribution in [3.8, 4) is 0 Å². The van der Waals surface area contributed by atoms with Gasteiger partial charge in [-0.05, 0) is 25.7 Å². The van der Waals surface area contributed by atoms with Crippen LogP contribution in [0.2, 0.25) is 0 Å². The second-order valence-corrected chi connectivity index (χ2v) is 3.13. The third kappa shape index (κ3) is 5.47. The SMILES string of the molecule is CC.NC(N)=NC1CCCC(N)C1. The number of guanidine groups is 1. The minimum atomic E-state index is 0.184. The maximum atomic E-state index is 5.75. The Balaban J connectivity index is 0.000000671. The largest absolute Gasteiger partial charge is 0.370 e. The van der Waals surface area contributed by atoms with E-state index in [9.17, 15) is 0 Å². The summed E-state index contributed by atoms with van der Waals surface area (Å²) in [5.41, 5.74) is 16.3. The molecule has 1 rings (SSSR count).